The van der Waals surface area contributed by atoms with Gasteiger partial charge in [0, 0.05) is 5.38 Å². The smallest absolute Gasteiger partial charge is 0.254 e. The fourth-order valence-electron chi connectivity index (χ4n) is 1.98. The van der Waals surface area contributed by atoms with Crippen LogP contribution in [0.2, 0.25) is 0 Å². The van der Waals surface area contributed by atoms with Crippen molar-refractivity contribution in [3.63, 3.8) is 0 Å². The lowest BCUT2D eigenvalue weighted by atomic mass is 10.2. The Morgan fingerprint density at radius 2 is 2.39 bits per heavy atom. The highest BCUT2D eigenvalue weighted by molar-refractivity contribution is 7.13. The van der Waals surface area contributed by atoms with Gasteiger partial charge in [0.1, 0.15) is 5.56 Å². The SMILES string of the molecule is COc1ncc(NCc2csc(-c3ccco3)n2)cc1C(N)=O. The topological polar surface area (TPSA) is 103 Å². The number of rotatable bonds is 6. The number of nitrogens with one attached hydrogen (secondary N) is 1. The molecule has 7 nitrogen and oxygen atoms in total. The van der Waals surface area contributed by atoms with Gasteiger partial charge in [0.15, 0.2) is 10.8 Å². The molecule has 3 rings (SSSR count). The zero-order valence-corrected chi connectivity index (χ0v) is 13.1. The van der Waals surface area contributed by atoms with E-state index in [0.717, 1.165) is 16.5 Å². The minimum Gasteiger partial charge on any atom is -0.480 e. The number of anilines is 1. The molecule has 0 spiro atoms. The maximum atomic E-state index is 11.4. The first-order valence-corrected chi connectivity index (χ1v) is 7.61. The number of hydrogen-bond donors (Lipinski definition) is 2. The van der Waals surface area contributed by atoms with E-state index in [0.29, 0.717) is 12.2 Å². The van der Waals surface area contributed by atoms with Crippen LogP contribution in [-0.4, -0.2) is 23.0 Å². The first-order valence-electron chi connectivity index (χ1n) is 6.73. The second-order valence-corrected chi connectivity index (χ2v) is 5.48. The second-order valence-electron chi connectivity index (χ2n) is 4.62. The predicted molar refractivity (Wildman–Crippen MR) is 86.4 cm³/mol. The lowest BCUT2D eigenvalue weighted by Crippen LogP contribution is -2.14. The van der Waals surface area contributed by atoms with Crippen LogP contribution in [0, 0.1) is 0 Å². The van der Waals surface area contributed by atoms with Crippen LogP contribution in [0.3, 0.4) is 0 Å². The lowest BCUT2D eigenvalue weighted by Gasteiger charge is -2.08. The first-order chi connectivity index (χ1) is 11.2. The van der Waals surface area contributed by atoms with Crippen LogP contribution in [-0.2, 0) is 6.54 Å². The maximum Gasteiger partial charge on any atom is 0.254 e. The Balaban J connectivity index is 1.71. The van der Waals surface area contributed by atoms with Gasteiger partial charge in [0.25, 0.3) is 5.91 Å². The molecule has 0 aliphatic rings. The molecule has 3 aromatic rings. The third-order valence-electron chi connectivity index (χ3n) is 3.07. The van der Waals surface area contributed by atoms with Gasteiger partial charge < -0.3 is 20.2 Å². The molecule has 0 saturated heterocycles. The van der Waals surface area contributed by atoms with Gasteiger partial charge >= 0.3 is 0 Å². The van der Waals surface area contributed by atoms with Crippen molar-refractivity contribution in [1.29, 1.82) is 0 Å². The summed E-state index contributed by atoms with van der Waals surface area (Å²) in [7, 11) is 1.44. The number of primary amides is 1. The van der Waals surface area contributed by atoms with Crippen molar-refractivity contribution in [2.45, 2.75) is 6.54 Å². The fraction of sp³-hybridized carbons (Fsp3) is 0.133. The monoisotopic (exact) mass is 330 g/mol. The van der Waals surface area contributed by atoms with Crippen molar-refractivity contribution in [2.24, 2.45) is 5.73 Å². The van der Waals surface area contributed by atoms with E-state index < -0.39 is 5.91 Å². The second kappa shape index (κ2) is 6.49. The number of carbonyl (C=O) groups excluding carboxylic acids is 1. The number of hydrogen-bond acceptors (Lipinski definition) is 7. The van der Waals surface area contributed by atoms with Crippen LogP contribution in [0.1, 0.15) is 16.1 Å². The summed E-state index contributed by atoms with van der Waals surface area (Å²) < 4.78 is 10.3. The summed E-state index contributed by atoms with van der Waals surface area (Å²) in [4.78, 5) is 19.9. The van der Waals surface area contributed by atoms with Crippen molar-refractivity contribution in [1.82, 2.24) is 9.97 Å². The molecule has 0 aliphatic heterocycles. The van der Waals surface area contributed by atoms with Gasteiger partial charge in [-0.1, -0.05) is 0 Å². The molecule has 0 aromatic carbocycles. The number of furan rings is 1. The average molecular weight is 330 g/mol. The molecule has 0 fully saturated rings. The van der Waals surface area contributed by atoms with Gasteiger partial charge in [-0.15, -0.1) is 11.3 Å². The quantitative estimate of drug-likeness (QED) is 0.720. The standard InChI is InChI=1S/C15H14N4O3S/c1-21-14-11(13(16)20)5-9(6-18-14)17-7-10-8-23-15(19-10)12-3-2-4-22-12/h2-6,8,17H,7H2,1H3,(H2,16,20). The maximum absolute atomic E-state index is 11.4. The Morgan fingerprint density at radius 1 is 1.52 bits per heavy atom. The molecule has 118 valence electrons. The summed E-state index contributed by atoms with van der Waals surface area (Å²) in [5, 5.41) is 5.91. The number of thiazole rings is 1. The van der Waals surface area contributed by atoms with Crippen LogP contribution in [0.15, 0.2) is 40.5 Å². The zero-order chi connectivity index (χ0) is 16.2. The molecule has 8 heteroatoms. The molecule has 0 bridgehead atoms. The average Bonchev–Trinajstić information content (AvgIpc) is 3.23. The summed E-state index contributed by atoms with van der Waals surface area (Å²) in [5.74, 6) is 0.354. The van der Waals surface area contributed by atoms with Crippen molar-refractivity contribution in [2.75, 3.05) is 12.4 Å². The number of ether oxygens (including phenoxy) is 1. The predicted octanol–water partition coefficient (Wildman–Crippen LogP) is 2.52. The molecule has 0 atom stereocenters. The lowest BCUT2D eigenvalue weighted by molar-refractivity contribution is 0.0996. The van der Waals surface area contributed by atoms with Crippen LogP contribution in [0.25, 0.3) is 10.8 Å². The summed E-state index contributed by atoms with van der Waals surface area (Å²) in [6.07, 6.45) is 3.19. The van der Waals surface area contributed by atoms with Crippen LogP contribution in [0.5, 0.6) is 5.88 Å². The number of aromatic nitrogens is 2. The van der Waals surface area contributed by atoms with Crippen molar-refractivity contribution >= 4 is 22.9 Å². The summed E-state index contributed by atoms with van der Waals surface area (Å²) in [6.45, 7) is 0.490. The van der Waals surface area contributed by atoms with Gasteiger partial charge in [0.05, 0.1) is 37.5 Å². The van der Waals surface area contributed by atoms with Gasteiger partial charge in [-0.25, -0.2) is 9.97 Å². The molecular formula is C15H14N4O3S. The number of nitrogens with zero attached hydrogens (tertiary/aromatic N) is 2. The van der Waals surface area contributed by atoms with Gasteiger partial charge in [-0.2, -0.15) is 0 Å². The van der Waals surface area contributed by atoms with Crippen molar-refractivity contribution < 1.29 is 13.9 Å². The summed E-state index contributed by atoms with van der Waals surface area (Å²) in [5.41, 5.74) is 7.06. The fourth-order valence-corrected chi connectivity index (χ4v) is 2.77. The number of amides is 1. The van der Waals surface area contributed by atoms with Crippen LogP contribution >= 0.6 is 11.3 Å². The van der Waals surface area contributed by atoms with E-state index >= 15 is 0 Å². The number of nitrogens with two attached hydrogens (primary N) is 1. The molecule has 3 aromatic heterocycles. The molecule has 3 N–H and O–H groups in total. The first kappa shape index (κ1) is 15.0. The minimum absolute atomic E-state index is 0.205. The summed E-state index contributed by atoms with van der Waals surface area (Å²) >= 11 is 1.50. The zero-order valence-electron chi connectivity index (χ0n) is 12.3. The number of methoxy groups -OCH3 is 1. The van der Waals surface area contributed by atoms with Gasteiger partial charge in [0.2, 0.25) is 5.88 Å². The highest BCUT2D eigenvalue weighted by Crippen LogP contribution is 2.24. The Bertz CT molecular complexity index is 814. The number of carbonyl (C=O) groups is 1. The Labute approximate surface area is 136 Å². The van der Waals surface area contributed by atoms with E-state index in [-0.39, 0.29) is 11.4 Å². The van der Waals surface area contributed by atoms with E-state index in [1.54, 1.807) is 18.5 Å². The molecule has 0 saturated carbocycles. The van der Waals surface area contributed by atoms with Crippen LogP contribution < -0.4 is 15.8 Å². The van der Waals surface area contributed by atoms with Gasteiger partial charge in [-0.3, -0.25) is 4.79 Å². The highest BCUT2D eigenvalue weighted by Gasteiger charge is 2.12. The summed E-state index contributed by atoms with van der Waals surface area (Å²) in [6, 6.07) is 5.29. The number of pyridine rings is 1. The largest absolute Gasteiger partial charge is 0.480 e. The molecule has 0 unspecified atom stereocenters. The molecule has 0 aliphatic carbocycles. The van der Waals surface area contributed by atoms with E-state index in [4.69, 9.17) is 14.9 Å². The van der Waals surface area contributed by atoms with E-state index in [1.165, 1.54) is 18.4 Å². The Kier molecular flexibility index (Phi) is 4.24. The van der Waals surface area contributed by atoms with Crippen molar-refractivity contribution in [3.8, 4) is 16.6 Å². The van der Waals surface area contributed by atoms with E-state index in [9.17, 15) is 4.79 Å². The third-order valence-corrected chi connectivity index (χ3v) is 3.97. The molecule has 1 amide bonds. The Morgan fingerprint density at radius 3 is 3.09 bits per heavy atom. The van der Waals surface area contributed by atoms with Crippen LogP contribution in [0.4, 0.5) is 5.69 Å². The third kappa shape index (κ3) is 3.32. The molecular weight excluding hydrogens is 316 g/mol. The Hall–Kier alpha value is -2.87. The van der Waals surface area contributed by atoms with Gasteiger partial charge in [-0.05, 0) is 18.2 Å². The molecule has 23 heavy (non-hydrogen) atoms. The van der Waals surface area contributed by atoms with Crippen molar-refractivity contribution in [3.05, 3.63) is 47.3 Å². The highest BCUT2D eigenvalue weighted by atomic mass is 32.1. The molecule has 3 heterocycles. The normalized spacial score (nSPS) is 10.5. The minimum atomic E-state index is -0.591. The van der Waals surface area contributed by atoms with E-state index in [1.807, 2.05) is 17.5 Å². The van der Waals surface area contributed by atoms with E-state index in [2.05, 4.69) is 15.3 Å². The molecule has 0 radical (unpaired) electrons.